The number of methoxy groups -OCH3 is 1. The first-order valence-corrected chi connectivity index (χ1v) is 7.72. The van der Waals surface area contributed by atoms with E-state index in [1.165, 1.54) is 12.0 Å². The van der Waals surface area contributed by atoms with E-state index in [1.54, 1.807) is 17.9 Å². The largest absolute Gasteiger partial charge is 0.479 e. The maximum Gasteiger partial charge on any atom is 0.332 e. The summed E-state index contributed by atoms with van der Waals surface area (Å²) < 4.78 is 6.71. The molecule has 1 amide bonds. The van der Waals surface area contributed by atoms with Crippen molar-refractivity contribution >= 4 is 11.9 Å². The molecule has 0 aromatic carbocycles. The van der Waals surface area contributed by atoms with Crippen molar-refractivity contribution < 1.29 is 19.4 Å². The second kappa shape index (κ2) is 5.96. The Bertz CT molecular complexity index is 617. The summed E-state index contributed by atoms with van der Waals surface area (Å²) in [5.41, 5.74) is -0.465. The molecule has 0 saturated carbocycles. The standard InChI is InChI=1S/C16H25N3O4/c1-15(2,3)12-11(9-18(4)17-12)13(20)19-8-6-7-16(19,10-23-5)14(21)22/h9H,6-8,10H2,1-5H3,(H,21,22). The molecule has 2 heterocycles. The number of hydrogen-bond acceptors (Lipinski definition) is 4. The van der Waals surface area contributed by atoms with Gasteiger partial charge in [-0.1, -0.05) is 20.8 Å². The minimum absolute atomic E-state index is 0.0147. The van der Waals surface area contributed by atoms with Crippen LogP contribution < -0.4 is 0 Å². The van der Waals surface area contributed by atoms with Crippen molar-refractivity contribution in [1.29, 1.82) is 0 Å². The number of rotatable bonds is 4. The number of ether oxygens (including phenoxy) is 1. The predicted octanol–water partition coefficient (Wildman–Crippen LogP) is 1.42. The van der Waals surface area contributed by atoms with E-state index in [0.717, 1.165) is 0 Å². The number of carbonyl (C=O) groups excluding carboxylic acids is 1. The number of likely N-dealkylation sites (tertiary alicyclic amines) is 1. The summed E-state index contributed by atoms with van der Waals surface area (Å²) in [6.45, 7) is 6.34. The van der Waals surface area contributed by atoms with Crippen LogP contribution in [0.3, 0.4) is 0 Å². The Morgan fingerprint density at radius 2 is 2.09 bits per heavy atom. The van der Waals surface area contributed by atoms with Crippen LogP contribution in [0.15, 0.2) is 6.20 Å². The maximum atomic E-state index is 13.1. The third-order valence-corrected chi connectivity index (χ3v) is 4.28. The lowest BCUT2D eigenvalue weighted by molar-refractivity contribution is -0.151. The highest BCUT2D eigenvalue weighted by Crippen LogP contribution is 2.34. The average Bonchev–Trinajstić information content (AvgIpc) is 3.02. The number of aliphatic carboxylic acids is 1. The average molecular weight is 323 g/mol. The summed E-state index contributed by atoms with van der Waals surface area (Å²) in [5, 5.41) is 14.1. The summed E-state index contributed by atoms with van der Waals surface area (Å²) in [4.78, 5) is 26.4. The minimum Gasteiger partial charge on any atom is -0.479 e. The lowest BCUT2D eigenvalue weighted by Gasteiger charge is -2.34. The number of aromatic nitrogens is 2. The fourth-order valence-electron chi connectivity index (χ4n) is 3.19. The molecule has 1 aromatic rings. The number of carbonyl (C=O) groups is 2. The van der Waals surface area contributed by atoms with E-state index >= 15 is 0 Å². The van der Waals surface area contributed by atoms with Crippen molar-refractivity contribution in [1.82, 2.24) is 14.7 Å². The molecule has 1 saturated heterocycles. The summed E-state index contributed by atoms with van der Waals surface area (Å²) >= 11 is 0. The molecule has 0 bridgehead atoms. The third-order valence-electron chi connectivity index (χ3n) is 4.28. The summed E-state index contributed by atoms with van der Waals surface area (Å²) in [5.74, 6) is -1.31. The van der Waals surface area contributed by atoms with Crippen molar-refractivity contribution in [3.05, 3.63) is 17.5 Å². The lowest BCUT2D eigenvalue weighted by atomic mass is 9.88. The molecule has 7 heteroatoms. The van der Waals surface area contributed by atoms with Gasteiger partial charge in [0.05, 0.1) is 17.9 Å². The highest BCUT2D eigenvalue weighted by Gasteiger charge is 2.51. The molecule has 1 fully saturated rings. The van der Waals surface area contributed by atoms with Gasteiger partial charge in [-0.25, -0.2) is 4.79 Å². The van der Waals surface area contributed by atoms with Crippen LogP contribution in [-0.2, 0) is 22.0 Å². The van der Waals surface area contributed by atoms with E-state index in [2.05, 4.69) is 5.10 Å². The van der Waals surface area contributed by atoms with E-state index in [4.69, 9.17) is 4.74 Å². The molecule has 2 rings (SSSR count). The fourth-order valence-corrected chi connectivity index (χ4v) is 3.19. The van der Waals surface area contributed by atoms with Crippen molar-refractivity contribution in [2.75, 3.05) is 20.3 Å². The van der Waals surface area contributed by atoms with E-state index in [9.17, 15) is 14.7 Å². The molecule has 0 aliphatic carbocycles. The monoisotopic (exact) mass is 323 g/mol. The summed E-state index contributed by atoms with van der Waals surface area (Å²) in [6, 6.07) is 0. The first-order chi connectivity index (χ1) is 10.6. The molecule has 128 valence electrons. The second-order valence-corrected chi connectivity index (χ2v) is 7.15. The van der Waals surface area contributed by atoms with Crippen LogP contribution in [0, 0.1) is 0 Å². The van der Waals surface area contributed by atoms with Crippen molar-refractivity contribution in [2.45, 2.75) is 44.6 Å². The van der Waals surface area contributed by atoms with Gasteiger partial charge in [-0.3, -0.25) is 9.48 Å². The van der Waals surface area contributed by atoms with Gasteiger partial charge in [-0.05, 0) is 12.8 Å². The number of nitrogens with zero attached hydrogens (tertiary/aromatic N) is 3. The van der Waals surface area contributed by atoms with Crippen molar-refractivity contribution in [2.24, 2.45) is 7.05 Å². The Morgan fingerprint density at radius 3 is 2.61 bits per heavy atom. The number of carboxylic acids is 1. The first-order valence-electron chi connectivity index (χ1n) is 7.72. The lowest BCUT2D eigenvalue weighted by Crippen LogP contribution is -2.56. The molecule has 1 atom stereocenters. The molecule has 1 N–H and O–H groups in total. The number of hydrogen-bond donors (Lipinski definition) is 1. The molecule has 7 nitrogen and oxygen atoms in total. The SMILES string of the molecule is COCC1(C(=O)O)CCCN1C(=O)c1cn(C)nc1C(C)(C)C. The normalized spacial score (nSPS) is 21.7. The molecular formula is C16H25N3O4. The minimum atomic E-state index is -1.29. The Hall–Kier alpha value is -1.89. The van der Waals surface area contributed by atoms with Gasteiger partial charge in [0.15, 0.2) is 5.54 Å². The topological polar surface area (TPSA) is 84.7 Å². The summed E-state index contributed by atoms with van der Waals surface area (Å²) in [6.07, 6.45) is 2.71. The van der Waals surface area contributed by atoms with Crippen LogP contribution in [0.2, 0.25) is 0 Å². The molecule has 1 aliphatic rings. The molecule has 1 aromatic heterocycles. The summed E-state index contributed by atoms with van der Waals surface area (Å²) in [7, 11) is 3.21. The zero-order valence-electron chi connectivity index (χ0n) is 14.4. The van der Waals surface area contributed by atoms with Gasteiger partial charge in [0.1, 0.15) is 0 Å². The quantitative estimate of drug-likeness (QED) is 0.906. The molecule has 1 unspecified atom stereocenters. The van der Waals surface area contributed by atoms with Crippen LogP contribution in [0.5, 0.6) is 0 Å². The fraction of sp³-hybridized carbons (Fsp3) is 0.688. The van der Waals surface area contributed by atoms with E-state index in [1.807, 2.05) is 20.8 Å². The predicted molar refractivity (Wildman–Crippen MR) is 84.4 cm³/mol. The zero-order chi connectivity index (χ0) is 17.4. The van der Waals surface area contributed by atoms with Gasteiger partial charge >= 0.3 is 5.97 Å². The van der Waals surface area contributed by atoms with Crippen LogP contribution in [0.25, 0.3) is 0 Å². The molecular weight excluding hydrogens is 298 g/mol. The van der Waals surface area contributed by atoms with Gasteiger partial charge in [0.25, 0.3) is 5.91 Å². The number of amides is 1. The Kier molecular flexibility index (Phi) is 4.52. The van der Waals surface area contributed by atoms with Crippen molar-refractivity contribution in [3.63, 3.8) is 0 Å². The van der Waals surface area contributed by atoms with Crippen LogP contribution in [0.4, 0.5) is 0 Å². The highest BCUT2D eigenvalue weighted by molar-refractivity contribution is 5.99. The van der Waals surface area contributed by atoms with Crippen molar-refractivity contribution in [3.8, 4) is 0 Å². The van der Waals surface area contributed by atoms with Gasteiger partial charge in [0.2, 0.25) is 0 Å². The molecule has 1 aliphatic heterocycles. The smallest absolute Gasteiger partial charge is 0.332 e. The van der Waals surface area contributed by atoms with Gasteiger partial charge in [0, 0.05) is 32.3 Å². The number of carboxylic acid groups (broad SMARTS) is 1. The van der Waals surface area contributed by atoms with Crippen LogP contribution in [0.1, 0.15) is 49.7 Å². The third kappa shape index (κ3) is 2.97. The van der Waals surface area contributed by atoms with E-state index in [0.29, 0.717) is 30.6 Å². The van der Waals surface area contributed by atoms with Crippen LogP contribution in [-0.4, -0.2) is 57.5 Å². The van der Waals surface area contributed by atoms with Gasteiger partial charge < -0.3 is 14.7 Å². The Balaban J connectivity index is 2.46. The Morgan fingerprint density at radius 1 is 1.43 bits per heavy atom. The zero-order valence-corrected chi connectivity index (χ0v) is 14.4. The van der Waals surface area contributed by atoms with Gasteiger partial charge in [-0.2, -0.15) is 5.10 Å². The molecule has 23 heavy (non-hydrogen) atoms. The molecule has 0 radical (unpaired) electrons. The number of aryl methyl sites for hydroxylation is 1. The van der Waals surface area contributed by atoms with E-state index in [-0.39, 0.29) is 17.9 Å². The van der Waals surface area contributed by atoms with E-state index < -0.39 is 11.5 Å². The maximum absolute atomic E-state index is 13.1. The Labute approximate surface area is 136 Å². The van der Waals surface area contributed by atoms with Crippen LogP contribution >= 0.6 is 0 Å². The highest BCUT2D eigenvalue weighted by atomic mass is 16.5. The van der Waals surface area contributed by atoms with Gasteiger partial charge in [-0.15, -0.1) is 0 Å². The molecule has 0 spiro atoms. The first kappa shape index (κ1) is 17.5. The second-order valence-electron chi connectivity index (χ2n) is 7.15.